The average molecular weight is 365 g/mol. The van der Waals surface area contributed by atoms with Gasteiger partial charge in [0.2, 0.25) is 5.91 Å². The Morgan fingerprint density at radius 3 is 2.96 bits per heavy atom. The molecule has 1 saturated carbocycles. The summed E-state index contributed by atoms with van der Waals surface area (Å²) in [5, 5.41) is 18.0. The number of nitrogens with one attached hydrogen (secondary N) is 1. The third kappa shape index (κ3) is 4.14. The molecule has 4 rings (SSSR count). The Bertz CT molecular complexity index is 906. The third-order valence-electron chi connectivity index (χ3n) is 5.17. The molecule has 0 radical (unpaired) electrons. The number of aliphatic hydroxyl groups is 1. The van der Waals surface area contributed by atoms with Crippen molar-refractivity contribution in [1.29, 1.82) is 0 Å². The molecule has 2 N–H and O–H groups in total. The minimum absolute atomic E-state index is 0.00895. The van der Waals surface area contributed by atoms with Crippen LogP contribution in [0, 0.1) is 5.92 Å². The SMILES string of the molecule is O=C(CCCn1cncn1)N[C@@H](c1cnc2ccccc2c1)C1CC(O)C1. The summed E-state index contributed by atoms with van der Waals surface area (Å²) in [4.78, 5) is 20.9. The normalized spacial score (nSPS) is 20.2. The van der Waals surface area contributed by atoms with E-state index in [0.717, 1.165) is 16.5 Å². The van der Waals surface area contributed by atoms with Crippen molar-refractivity contribution in [2.45, 2.75) is 44.4 Å². The Morgan fingerprint density at radius 2 is 2.19 bits per heavy atom. The largest absolute Gasteiger partial charge is 0.393 e. The van der Waals surface area contributed by atoms with Gasteiger partial charge in [0.15, 0.2) is 0 Å². The number of pyridine rings is 1. The fraction of sp³-hybridized carbons (Fsp3) is 0.400. The summed E-state index contributed by atoms with van der Waals surface area (Å²) in [6.07, 6.45) is 7.25. The first-order chi connectivity index (χ1) is 13.2. The van der Waals surface area contributed by atoms with Crippen molar-refractivity contribution in [2.75, 3.05) is 0 Å². The number of amides is 1. The Morgan fingerprint density at radius 1 is 1.33 bits per heavy atom. The van der Waals surface area contributed by atoms with E-state index in [4.69, 9.17) is 0 Å². The zero-order chi connectivity index (χ0) is 18.6. The van der Waals surface area contributed by atoms with Crippen LogP contribution in [0.25, 0.3) is 10.9 Å². The molecule has 0 saturated heterocycles. The number of aryl methyl sites for hydroxylation is 1. The second-order valence-corrected chi connectivity index (χ2v) is 7.15. The lowest BCUT2D eigenvalue weighted by molar-refractivity contribution is -0.123. The number of hydrogen-bond acceptors (Lipinski definition) is 5. The van der Waals surface area contributed by atoms with Gasteiger partial charge in [0.05, 0.1) is 17.7 Å². The maximum atomic E-state index is 12.5. The van der Waals surface area contributed by atoms with E-state index in [1.165, 1.54) is 6.33 Å². The van der Waals surface area contributed by atoms with Crippen LogP contribution in [-0.2, 0) is 11.3 Å². The second kappa shape index (κ2) is 7.84. The lowest BCUT2D eigenvalue weighted by Crippen LogP contribution is -2.41. The van der Waals surface area contributed by atoms with E-state index in [1.54, 1.807) is 11.0 Å². The molecule has 0 unspecified atom stereocenters. The van der Waals surface area contributed by atoms with Crippen LogP contribution in [-0.4, -0.2) is 36.9 Å². The van der Waals surface area contributed by atoms with Gasteiger partial charge in [-0.15, -0.1) is 0 Å². The van der Waals surface area contributed by atoms with E-state index in [-0.39, 0.29) is 24.0 Å². The predicted octanol–water partition coefficient (Wildman–Crippen LogP) is 2.23. The number of carbonyl (C=O) groups excluding carboxylic acids is 1. The Hall–Kier alpha value is -2.80. The first-order valence-electron chi connectivity index (χ1n) is 9.33. The van der Waals surface area contributed by atoms with Crippen LogP contribution in [0.3, 0.4) is 0 Å². The predicted molar refractivity (Wildman–Crippen MR) is 101 cm³/mol. The van der Waals surface area contributed by atoms with Crippen LogP contribution < -0.4 is 5.32 Å². The highest BCUT2D eigenvalue weighted by Crippen LogP contribution is 2.38. The molecule has 2 aromatic heterocycles. The average Bonchev–Trinajstić information content (AvgIpc) is 3.17. The number of carbonyl (C=O) groups is 1. The highest BCUT2D eigenvalue weighted by Gasteiger charge is 2.35. The van der Waals surface area contributed by atoms with Gasteiger partial charge in [0.25, 0.3) is 0 Å². The summed E-state index contributed by atoms with van der Waals surface area (Å²) in [6.45, 7) is 0.664. The highest BCUT2D eigenvalue weighted by molar-refractivity contribution is 5.80. The third-order valence-corrected chi connectivity index (χ3v) is 5.17. The second-order valence-electron chi connectivity index (χ2n) is 7.15. The summed E-state index contributed by atoms with van der Waals surface area (Å²) < 4.78 is 1.72. The van der Waals surface area contributed by atoms with Gasteiger partial charge >= 0.3 is 0 Å². The molecule has 140 valence electrons. The summed E-state index contributed by atoms with van der Waals surface area (Å²) in [6, 6.07) is 9.92. The lowest BCUT2D eigenvalue weighted by atomic mass is 9.75. The van der Waals surface area contributed by atoms with Crippen LogP contribution >= 0.6 is 0 Å². The van der Waals surface area contributed by atoms with Crippen molar-refractivity contribution < 1.29 is 9.90 Å². The Balaban J connectivity index is 1.44. The number of aromatic nitrogens is 4. The highest BCUT2D eigenvalue weighted by atomic mass is 16.3. The van der Waals surface area contributed by atoms with Gasteiger partial charge in [-0.3, -0.25) is 14.5 Å². The Kier molecular flexibility index (Phi) is 5.11. The smallest absolute Gasteiger partial charge is 0.220 e. The molecule has 1 aliphatic rings. The van der Waals surface area contributed by atoms with Gasteiger partial charge in [0.1, 0.15) is 12.7 Å². The first-order valence-corrected chi connectivity index (χ1v) is 9.33. The molecule has 3 aromatic rings. The van der Waals surface area contributed by atoms with E-state index in [1.807, 2.05) is 30.5 Å². The van der Waals surface area contributed by atoms with E-state index in [0.29, 0.717) is 32.2 Å². The summed E-state index contributed by atoms with van der Waals surface area (Å²) >= 11 is 0. The number of aliphatic hydroxyl groups excluding tert-OH is 1. The molecular formula is C20H23N5O2. The van der Waals surface area contributed by atoms with Gasteiger partial charge in [-0.05, 0) is 42.9 Å². The standard InChI is InChI=1S/C20H23N5O2/c26-17-9-15(10-17)20(16-8-14-4-1-2-5-18(14)22-11-16)24-19(27)6-3-7-25-13-21-12-23-25/h1-2,4-5,8,11-13,15,17,20,26H,3,6-7,9-10H2,(H,24,27)/t15?,17?,20-/m1/s1. The zero-order valence-corrected chi connectivity index (χ0v) is 15.0. The molecule has 1 atom stereocenters. The van der Waals surface area contributed by atoms with Crippen molar-refractivity contribution in [1.82, 2.24) is 25.1 Å². The molecule has 0 aliphatic heterocycles. The topological polar surface area (TPSA) is 92.9 Å². The maximum Gasteiger partial charge on any atom is 0.220 e. The lowest BCUT2D eigenvalue weighted by Gasteiger charge is -2.38. The molecule has 7 nitrogen and oxygen atoms in total. The van der Waals surface area contributed by atoms with Crippen LogP contribution in [0.2, 0.25) is 0 Å². The number of nitrogens with zero attached hydrogens (tertiary/aromatic N) is 4. The molecule has 0 spiro atoms. The molecule has 1 fully saturated rings. The number of hydrogen-bond donors (Lipinski definition) is 2. The van der Waals surface area contributed by atoms with Gasteiger partial charge in [-0.2, -0.15) is 5.10 Å². The number of rotatable bonds is 7. The van der Waals surface area contributed by atoms with Crippen LogP contribution in [0.15, 0.2) is 49.2 Å². The molecule has 2 heterocycles. The van der Waals surface area contributed by atoms with Gasteiger partial charge < -0.3 is 10.4 Å². The van der Waals surface area contributed by atoms with Crippen LogP contribution in [0.1, 0.15) is 37.3 Å². The molecule has 27 heavy (non-hydrogen) atoms. The minimum Gasteiger partial charge on any atom is -0.393 e. The van der Waals surface area contributed by atoms with E-state index in [2.05, 4.69) is 26.4 Å². The summed E-state index contributed by atoms with van der Waals surface area (Å²) in [5.74, 6) is 0.247. The zero-order valence-electron chi connectivity index (χ0n) is 15.0. The molecule has 7 heteroatoms. The summed E-state index contributed by atoms with van der Waals surface area (Å²) in [7, 11) is 0. The number of para-hydroxylation sites is 1. The molecule has 1 aliphatic carbocycles. The molecular weight excluding hydrogens is 342 g/mol. The van der Waals surface area contributed by atoms with Gasteiger partial charge in [-0.25, -0.2) is 4.98 Å². The fourth-order valence-electron chi connectivity index (χ4n) is 3.63. The monoisotopic (exact) mass is 365 g/mol. The van der Waals surface area contributed by atoms with Crippen molar-refractivity contribution in [3.8, 4) is 0 Å². The van der Waals surface area contributed by atoms with E-state index < -0.39 is 0 Å². The van der Waals surface area contributed by atoms with Crippen molar-refractivity contribution in [3.63, 3.8) is 0 Å². The minimum atomic E-state index is -0.268. The van der Waals surface area contributed by atoms with Crippen LogP contribution in [0.4, 0.5) is 0 Å². The molecule has 0 bridgehead atoms. The number of fused-ring (bicyclic) bond motifs is 1. The van der Waals surface area contributed by atoms with Crippen molar-refractivity contribution in [3.05, 3.63) is 54.7 Å². The van der Waals surface area contributed by atoms with Crippen molar-refractivity contribution in [2.24, 2.45) is 5.92 Å². The first kappa shape index (κ1) is 17.6. The quantitative estimate of drug-likeness (QED) is 0.670. The van der Waals surface area contributed by atoms with E-state index >= 15 is 0 Å². The maximum absolute atomic E-state index is 12.5. The number of benzene rings is 1. The molecule has 1 amide bonds. The summed E-state index contributed by atoms with van der Waals surface area (Å²) in [5.41, 5.74) is 1.93. The van der Waals surface area contributed by atoms with Crippen LogP contribution in [0.5, 0.6) is 0 Å². The molecule has 1 aromatic carbocycles. The van der Waals surface area contributed by atoms with Gasteiger partial charge in [0, 0.05) is 24.5 Å². The fourth-order valence-corrected chi connectivity index (χ4v) is 3.63. The Labute approximate surface area is 157 Å². The van der Waals surface area contributed by atoms with Crippen molar-refractivity contribution >= 4 is 16.8 Å². The van der Waals surface area contributed by atoms with E-state index in [9.17, 15) is 9.90 Å². The van der Waals surface area contributed by atoms with Gasteiger partial charge in [-0.1, -0.05) is 18.2 Å².